The van der Waals surface area contributed by atoms with Gasteiger partial charge in [-0.15, -0.1) is 0 Å². The highest BCUT2D eigenvalue weighted by molar-refractivity contribution is 5.92. The van der Waals surface area contributed by atoms with Crippen LogP contribution >= 0.6 is 0 Å². The van der Waals surface area contributed by atoms with E-state index in [-0.39, 0.29) is 5.91 Å². The molecule has 0 spiro atoms. The zero-order valence-corrected chi connectivity index (χ0v) is 16.2. The maximum atomic E-state index is 13.0. The summed E-state index contributed by atoms with van der Waals surface area (Å²) in [5.74, 6) is 1.03. The first-order chi connectivity index (χ1) is 14.2. The zero-order valence-electron chi connectivity index (χ0n) is 16.2. The maximum Gasteiger partial charge on any atom is 0.272 e. The monoisotopic (exact) mass is 390 g/mol. The van der Waals surface area contributed by atoms with Crippen LogP contribution in [0, 0.1) is 6.92 Å². The third-order valence-corrected chi connectivity index (χ3v) is 4.63. The number of carbonyl (C=O) groups is 1. The molecule has 1 aliphatic rings. The summed E-state index contributed by atoms with van der Waals surface area (Å²) in [5, 5.41) is 3.15. The summed E-state index contributed by atoms with van der Waals surface area (Å²) in [4.78, 5) is 38.5. The molecule has 4 rings (SSSR count). The summed E-state index contributed by atoms with van der Waals surface area (Å²) < 4.78 is 0. The molecule has 148 valence electrons. The van der Waals surface area contributed by atoms with Gasteiger partial charge in [-0.05, 0) is 31.2 Å². The van der Waals surface area contributed by atoms with Crippen LogP contribution in [0.15, 0.2) is 48.9 Å². The first-order valence-corrected chi connectivity index (χ1v) is 9.50. The molecule has 0 unspecified atom stereocenters. The molecule has 29 heavy (non-hydrogen) atoms. The lowest BCUT2D eigenvalue weighted by Gasteiger charge is -2.34. The van der Waals surface area contributed by atoms with Crippen molar-refractivity contribution in [3.8, 4) is 0 Å². The zero-order chi connectivity index (χ0) is 20.1. The lowest BCUT2D eigenvalue weighted by molar-refractivity contribution is 0.0740. The van der Waals surface area contributed by atoms with Gasteiger partial charge in [-0.3, -0.25) is 9.78 Å². The summed E-state index contributed by atoms with van der Waals surface area (Å²) in [6, 6.07) is 9.23. The molecule has 1 amide bonds. The fourth-order valence-corrected chi connectivity index (χ4v) is 3.16. The number of piperazine rings is 1. The van der Waals surface area contributed by atoms with Crippen LogP contribution in [0.1, 0.15) is 21.9 Å². The number of nitrogens with zero attached hydrogens (tertiary/aromatic N) is 7. The number of amides is 1. The summed E-state index contributed by atoms with van der Waals surface area (Å²) in [7, 11) is 0. The molecule has 0 radical (unpaired) electrons. The molecule has 9 nitrogen and oxygen atoms in total. The quantitative estimate of drug-likeness (QED) is 0.700. The highest BCUT2D eigenvalue weighted by Crippen LogP contribution is 2.13. The van der Waals surface area contributed by atoms with Gasteiger partial charge in [-0.1, -0.05) is 6.07 Å². The average molecular weight is 390 g/mol. The molecule has 4 heterocycles. The van der Waals surface area contributed by atoms with Crippen molar-refractivity contribution in [2.45, 2.75) is 13.5 Å². The van der Waals surface area contributed by atoms with Crippen molar-refractivity contribution in [1.29, 1.82) is 0 Å². The van der Waals surface area contributed by atoms with Crippen molar-refractivity contribution in [3.05, 3.63) is 66.0 Å². The van der Waals surface area contributed by atoms with Crippen LogP contribution in [0.5, 0.6) is 0 Å². The Kier molecular flexibility index (Phi) is 5.55. The molecule has 0 atom stereocenters. The minimum Gasteiger partial charge on any atom is -0.349 e. The summed E-state index contributed by atoms with van der Waals surface area (Å²) in [6.45, 7) is 4.91. The molecule has 1 aliphatic heterocycles. The predicted octanol–water partition coefficient (Wildman–Crippen LogP) is 1.54. The third kappa shape index (κ3) is 4.63. The Morgan fingerprint density at radius 3 is 2.48 bits per heavy atom. The molecule has 3 aromatic rings. The Morgan fingerprint density at radius 1 is 1.00 bits per heavy atom. The molecule has 9 heteroatoms. The average Bonchev–Trinajstić information content (AvgIpc) is 2.78. The molecule has 1 N–H and O–H groups in total. The van der Waals surface area contributed by atoms with E-state index in [9.17, 15) is 4.79 Å². The molecule has 0 aromatic carbocycles. The SMILES string of the molecule is Cc1cc(C(=O)N2CCN(c3ncccn3)CC2)nc(NCc2ccccn2)n1. The molecule has 1 fully saturated rings. The van der Waals surface area contributed by atoms with Gasteiger partial charge in [-0.2, -0.15) is 0 Å². The van der Waals surface area contributed by atoms with Gasteiger partial charge in [0.1, 0.15) is 5.69 Å². The standard InChI is InChI=1S/C20H22N8O/c1-15-13-17(26-19(25-15)24-14-16-5-2-3-6-21-16)18(29)27-9-11-28(12-10-27)20-22-7-4-8-23-20/h2-8,13H,9-12,14H2,1H3,(H,24,25,26). The maximum absolute atomic E-state index is 13.0. The summed E-state index contributed by atoms with van der Waals surface area (Å²) in [6.07, 6.45) is 5.19. The second-order valence-corrected chi connectivity index (χ2v) is 6.72. The van der Waals surface area contributed by atoms with Gasteiger partial charge in [0.05, 0.1) is 12.2 Å². The highest BCUT2D eigenvalue weighted by Gasteiger charge is 2.24. The van der Waals surface area contributed by atoms with E-state index in [1.54, 1.807) is 30.7 Å². The Balaban J connectivity index is 1.40. The Bertz CT molecular complexity index is 959. The van der Waals surface area contributed by atoms with Gasteiger partial charge < -0.3 is 15.1 Å². The van der Waals surface area contributed by atoms with Gasteiger partial charge in [0.2, 0.25) is 11.9 Å². The van der Waals surface area contributed by atoms with Gasteiger partial charge in [-0.25, -0.2) is 19.9 Å². The largest absolute Gasteiger partial charge is 0.349 e. The smallest absolute Gasteiger partial charge is 0.272 e. The van der Waals surface area contributed by atoms with Crippen LogP contribution in [-0.4, -0.2) is 61.9 Å². The summed E-state index contributed by atoms with van der Waals surface area (Å²) in [5.41, 5.74) is 2.01. The molecule has 0 saturated carbocycles. The summed E-state index contributed by atoms with van der Waals surface area (Å²) >= 11 is 0. The van der Waals surface area contributed by atoms with E-state index in [1.807, 2.05) is 30.0 Å². The fourth-order valence-electron chi connectivity index (χ4n) is 3.16. The Hall–Kier alpha value is -3.62. The van der Waals surface area contributed by atoms with Gasteiger partial charge in [0.15, 0.2) is 0 Å². The van der Waals surface area contributed by atoms with Crippen LogP contribution in [0.3, 0.4) is 0 Å². The number of hydrogen-bond acceptors (Lipinski definition) is 8. The van der Waals surface area contributed by atoms with Crippen LogP contribution in [0.4, 0.5) is 11.9 Å². The van der Waals surface area contributed by atoms with Crippen molar-refractivity contribution < 1.29 is 4.79 Å². The normalized spacial score (nSPS) is 14.0. The first kappa shape index (κ1) is 18.7. The van der Waals surface area contributed by atoms with Crippen molar-refractivity contribution in [3.63, 3.8) is 0 Å². The van der Waals surface area contributed by atoms with Gasteiger partial charge >= 0.3 is 0 Å². The molecule has 0 aliphatic carbocycles. The second-order valence-electron chi connectivity index (χ2n) is 6.72. The van der Waals surface area contributed by atoms with E-state index in [0.717, 1.165) is 11.4 Å². The number of aryl methyl sites for hydroxylation is 1. The third-order valence-electron chi connectivity index (χ3n) is 4.63. The van der Waals surface area contributed by atoms with Crippen LogP contribution in [-0.2, 0) is 6.54 Å². The number of carbonyl (C=O) groups excluding carboxylic acids is 1. The number of aromatic nitrogens is 5. The van der Waals surface area contributed by atoms with Crippen LogP contribution in [0.2, 0.25) is 0 Å². The van der Waals surface area contributed by atoms with Crippen molar-refractivity contribution >= 4 is 17.8 Å². The lowest BCUT2D eigenvalue weighted by atomic mass is 10.2. The van der Waals surface area contributed by atoms with E-state index < -0.39 is 0 Å². The van der Waals surface area contributed by atoms with Gasteiger partial charge in [0, 0.05) is 50.5 Å². The van der Waals surface area contributed by atoms with Gasteiger partial charge in [0.25, 0.3) is 5.91 Å². The minimum absolute atomic E-state index is 0.0926. The Labute approximate surface area is 168 Å². The first-order valence-electron chi connectivity index (χ1n) is 9.50. The van der Waals surface area contributed by atoms with Crippen LogP contribution < -0.4 is 10.2 Å². The van der Waals surface area contributed by atoms with Crippen LogP contribution in [0.25, 0.3) is 0 Å². The van der Waals surface area contributed by atoms with E-state index in [2.05, 4.69) is 35.1 Å². The second kappa shape index (κ2) is 8.59. The molecular formula is C20H22N8O. The minimum atomic E-state index is -0.0926. The molecule has 0 bridgehead atoms. The lowest BCUT2D eigenvalue weighted by Crippen LogP contribution is -2.49. The van der Waals surface area contributed by atoms with E-state index >= 15 is 0 Å². The predicted molar refractivity (Wildman–Crippen MR) is 108 cm³/mol. The van der Waals surface area contributed by atoms with Crippen molar-refractivity contribution in [1.82, 2.24) is 29.8 Å². The Morgan fingerprint density at radius 2 is 1.76 bits per heavy atom. The number of hydrogen-bond donors (Lipinski definition) is 1. The number of nitrogens with one attached hydrogen (secondary N) is 1. The highest BCUT2D eigenvalue weighted by atomic mass is 16.2. The molecule has 3 aromatic heterocycles. The number of pyridine rings is 1. The number of anilines is 2. The van der Waals surface area contributed by atoms with Crippen molar-refractivity contribution in [2.75, 3.05) is 36.4 Å². The van der Waals surface area contributed by atoms with E-state index in [1.165, 1.54) is 0 Å². The van der Waals surface area contributed by atoms with E-state index in [0.29, 0.717) is 50.3 Å². The topological polar surface area (TPSA) is 100 Å². The van der Waals surface area contributed by atoms with E-state index in [4.69, 9.17) is 0 Å². The molecular weight excluding hydrogens is 368 g/mol. The van der Waals surface area contributed by atoms with Crippen molar-refractivity contribution in [2.24, 2.45) is 0 Å². The number of rotatable bonds is 5. The molecule has 1 saturated heterocycles. The fraction of sp³-hybridized carbons (Fsp3) is 0.300.